The second-order valence-electron chi connectivity index (χ2n) is 4.41. The van der Waals surface area contributed by atoms with Crippen LogP contribution >= 0.6 is 0 Å². The number of benzene rings is 2. The van der Waals surface area contributed by atoms with Gasteiger partial charge in [-0.1, -0.05) is 18.2 Å². The van der Waals surface area contributed by atoms with Crippen LogP contribution in [0.1, 0.15) is 18.1 Å². The van der Waals surface area contributed by atoms with E-state index in [9.17, 15) is 5.11 Å². The first kappa shape index (κ1) is 12.5. The molecule has 18 heavy (non-hydrogen) atoms. The van der Waals surface area contributed by atoms with Crippen LogP contribution in [-0.4, -0.2) is 11.7 Å². The molecule has 2 aromatic rings. The highest BCUT2D eigenvalue weighted by Crippen LogP contribution is 2.30. The number of phenols is 1. The summed E-state index contributed by atoms with van der Waals surface area (Å²) in [7, 11) is 0. The second kappa shape index (κ2) is 5.13. The Labute approximate surface area is 108 Å². The van der Waals surface area contributed by atoms with E-state index in [4.69, 9.17) is 4.74 Å². The summed E-state index contributed by atoms with van der Waals surface area (Å²) < 4.78 is 5.47. The van der Waals surface area contributed by atoms with Crippen LogP contribution in [0, 0.1) is 13.8 Å². The van der Waals surface area contributed by atoms with Crippen LogP contribution in [0.15, 0.2) is 36.4 Å². The van der Waals surface area contributed by atoms with Crippen LogP contribution < -0.4 is 4.74 Å². The van der Waals surface area contributed by atoms with Gasteiger partial charge in [0.15, 0.2) is 0 Å². The Morgan fingerprint density at radius 3 is 2.39 bits per heavy atom. The second-order valence-corrected chi connectivity index (χ2v) is 4.41. The van der Waals surface area contributed by atoms with Crippen molar-refractivity contribution in [3.05, 3.63) is 47.5 Å². The van der Waals surface area contributed by atoms with Gasteiger partial charge in [-0.05, 0) is 61.2 Å². The van der Waals surface area contributed by atoms with Crippen molar-refractivity contribution in [1.29, 1.82) is 0 Å². The van der Waals surface area contributed by atoms with Crippen LogP contribution in [0.25, 0.3) is 11.1 Å². The number of aryl methyl sites for hydroxylation is 2. The van der Waals surface area contributed by atoms with Crippen LogP contribution in [0.2, 0.25) is 0 Å². The Morgan fingerprint density at radius 2 is 1.78 bits per heavy atom. The molecule has 0 aliphatic rings. The molecule has 0 saturated heterocycles. The first-order valence-corrected chi connectivity index (χ1v) is 6.15. The van der Waals surface area contributed by atoms with Crippen molar-refractivity contribution < 1.29 is 9.84 Å². The molecule has 0 radical (unpaired) electrons. The third-order valence-electron chi connectivity index (χ3n) is 3.03. The van der Waals surface area contributed by atoms with Gasteiger partial charge >= 0.3 is 0 Å². The van der Waals surface area contributed by atoms with Crippen molar-refractivity contribution in [2.75, 3.05) is 6.61 Å². The number of ether oxygens (including phenoxy) is 1. The van der Waals surface area contributed by atoms with Crippen molar-refractivity contribution >= 4 is 0 Å². The fraction of sp³-hybridized carbons (Fsp3) is 0.250. The lowest BCUT2D eigenvalue weighted by molar-refractivity contribution is 0.340. The van der Waals surface area contributed by atoms with Gasteiger partial charge in [-0.15, -0.1) is 0 Å². The summed E-state index contributed by atoms with van der Waals surface area (Å²) in [4.78, 5) is 0. The molecule has 0 saturated carbocycles. The standard InChI is InChI=1S/C16H18O2/c1-4-18-14-7-8-15(12(3)9-14)13-6-5-11(2)16(17)10-13/h5-10,17H,4H2,1-3H3. The number of hydrogen-bond donors (Lipinski definition) is 1. The highest BCUT2D eigenvalue weighted by molar-refractivity contribution is 5.70. The lowest BCUT2D eigenvalue weighted by atomic mass is 9.99. The van der Waals surface area contributed by atoms with Crippen LogP contribution in [0.3, 0.4) is 0 Å². The molecular weight excluding hydrogens is 224 g/mol. The molecule has 0 spiro atoms. The van der Waals surface area contributed by atoms with Gasteiger partial charge in [0.05, 0.1) is 6.61 Å². The molecule has 2 nitrogen and oxygen atoms in total. The van der Waals surface area contributed by atoms with Gasteiger partial charge in [-0.3, -0.25) is 0 Å². The molecule has 0 bridgehead atoms. The zero-order valence-corrected chi connectivity index (χ0v) is 11.0. The van der Waals surface area contributed by atoms with Crippen LogP contribution in [0.4, 0.5) is 0 Å². The molecule has 0 fully saturated rings. The largest absolute Gasteiger partial charge is 0.508 e. The van der Waals surface area contributed by atoms with E-state index in [1.165, 1.54) is 0 Å². The van der Waals surface area contributed by atoms with Crippen molar-refractivity contribution in [1.82, 2.24) is 0 Å². The van der Waals surface area contributed by atoms with E-state index >= 15 is 0 Å². The summed E-state index contributed by atoms with van der Waals surface area (Å²) in [6.07, 6.45) is 0. The van der Waals surface area contributed by atoms with E-state index in [0.717, 1.165) is 28.0 Å². The number of hydrogen-bond acceptors (Lipinski definition) is 2. The van der Waals surface area contributed by atoms with Crippen molar-refractivity contribution in [3.63, 3.8) is 0 Å². The third kappa shape index (κ3) is 2.48. The average Bonchev–Trinajstić information content (AvgIpc) is 2.34. The molecule has 0 aliphatic heterocycles. The van der Waals surface area contributed by atoms with E-state index in [2.05, 4.69) is 6.92 Å². The first-order chi connectivity index (χ1) is 8.61. The summed E-state index contributed by atoms with van der Waals surface area (Å²) in [6.45, 7) is 6.59. The van der Waals surface area contributed by atoms with Crippen LogP contribution in [0.5, 0.6) is 11.5 Å². The molecule has 0 atom stereocenters. The molecule has 0 heterocycles. The van der Waals surface area contributed by atoms with Crippen molar-refractivity contribution in [2.45, 2.75) is 20.8 Å². The highest BCUT2D eigenvalue weighted by Gasteiger charge is 2.05. The zero-order chi connectivity index (χ0) is 13.1. The number of aromatic hydroxyl groups is 1. The van der Waals surface area contributed by atoms with Gasteiger partial charge in [0.2, 0.25) is 0 Å². The van der Waals surface area contributed by atoms with Gasteiger partial charge < -0.3 is 9.84 Å². The Bertz CT molecular complexity index is 559. The van der Waals surface area contributed by atoms with Crippen molar-refractivity contribution in [2.24, 2.45) is 0 Å². The quantitative estimate of drug-likeness (QED) is 0.879. The number of rotatable bonds is 3. The third-order valence-corrected chi connectivity index (χ3v) is 3.03. The summed E-state index contributed by atoms with van der Waals surface area (Å²) in [5, 5.41) is 9.77. The minimum Gasteiger partial charge on any atom is -0.508 e. The Kier molecular flexibility index (Phi) is 3.56. The molecule has 94 valence electrons. The minimum atomic E-state index is 0.334. The van der Waals surface area contributed by atoms with E-state index in [1.807, 2.05) is 44.2 Å². The summed E-state index contributed by atoms with van der Waals surface area (Å²) in [6, 6.07) is 11.8. The monoisotopic (exact) mass is 242 g/mol. The molecule has 0 unspecified atom stereocenters. The smallest absolute Gasteiger partial charge is 0.119 e. The van der Waals surface area contributed by atoms with Gasteiger partial charge in [-0.2, -0.15) is 0 Å². The predicted molar refractivity (Wildman–Crippen MR) is 74.2 cm³/mol. The number of phenolic OH excluding ortho intramolecular Hbond substituents is 1. The maximum atomic E-state index is 9.77. The zero-order valence-electron chi connectivity index (χ0n) is 11.0. The Balaban J connectivity index is 2.41. The predicted octanol–water partition coefficient (Wildman–Crippen LogP) is 4.07. The molecule has 1 N–H and O–H groups in total. The summed E-state index contributed by atoms with van der Waals surface area (Å²) in [5.41, 5.74) is 4.18. The van der Waals surface area contributed by atoms with E-state index in [0.29, 0.717) is 12.4 Å². The van der Waals surface area contributed by atoms with Crippen molar-refractivity contribution in [3.8, 4) is 22.6 Å². The van der Waals surface area contributed by atoms with Gasteiger partial charge in [0.1, 0.15) is 11.5 Å². The Morgan fingerprint density at radius 1 is 1.00 bits per heavy atom. The molecule has 2 heteroatoms. The Hall–Kier alpha value is -1.96. The topological polar surface area (TPSA) is 29.5 Å². The maximum absolute atomic E-state index is 9.77. The van der Waals surface area contributed by atoms with Gasteiger partial charge in [-0.25, -0.2) is 0 Å². The van der Waals surface area contributed by atoms with Crippen LogP contribution in [-0.2, 0) is 0 Å². The minimum absolute atomic E-state index is 0.334. The lowest BCUT2D eigenvalue weighted by Gasteiger charge is -2.10. The normalized spacial score (nSPS) is 10.4. The highest BCUT2D eigenvalue weighted by atomic mass is 16.5. The van der Waals surface area contributed by atoms with E-state index in [-0.39, 0.29) is 0 Å². The fourth-order valence-corrected chi connectivity index (χ4v) is 1.99. The molecule has 0 aliphatic carbocycles. The molecular formula is C16H18O2. The average molecular weight is 242 g/mol. The summed E-state index contributed by atoms with van der Waals surface area (Å²) in [5.74, 6) is 1.22. The SMILES string of the molecule is CCOc1ccc(-c2ccc(C)c(O)c2)c(C)c1. The first-order valence-electron chi connectivity index (χ1n) is 6.15. The molecule has 2 aromatic carbocycles. The van der Waals surface area contributed by atoms with E-state index < -0.39 is 0 Å². The molecule has 2 rings (SSSR count). The fourth-order valence-electron chi connectivity index (χ4n) is 1.99. The summed E-state index contributed by atoms with van der Waals surface area (Å²) >= 11 is 0. The van der Waals surface area contributed by atoms with E-state index in [1.54, 1.807) is 6.07 Å². The molecule has 0 amide bonds. The van der Waals surface area contributed by atoms with Gasteiger partial charge in [0.25, 0.3) is 0 Å². The molecule has 0 aromatic heterocycles. The lowest BCUT2D eigenvalue weighted by Crippen LogP contribution is -1.92. The van der Waals surface area contributed by atoms with Gasteiger partial charge in [0, 0.05) is 0 Å². The maximum Gasteiger partial charge on any atom is 0.119 e.